The maximum atomic E-state index is 13.1. The van der Waals surface area contributed by atoms with Crippen LogP contribution >= 0.6 is 11.6 Å². The number of nitrogens with zero attached hydrogens (tertiary/aromatic N) is 4. The number of aryl methyl sites for hydroxylation is 2. The minimum Gasteiger partial charge on any atom is -0.336 e. The maximum Gasteiger partial charge on any atom is 0.253 e. The number of amides is 1. The van der Waals surface area contributed by atoms with Crippen molar-refractivity contribution in [3.05, 3.63) is 87.2 Å². The van der Waals surface area contributed by atoms with E-state index in [1.807, 2.05) is 47.7 Å². The Kier molecular flexibility index (Phi) is 6.44. The first-order valence-corrected chi connectivity index (χ1v) is 11.1. The minimum atomic E-state index is 0.100. The van der Waals surface area contributed by atoms with E-state index >= 15 is 0 Å². The molecule has 0 spiro atoms. The molecule has 0 atom stereocenters. The molecule has 0 unspecified atom stereocenters. The molecule has 0 N–H and O–H groups in total. The fourth-order valence-corrected chi connectivity index (χ4v) is 4.30. The summed E-state index contributed by atoms with van der Waals surface area (Å²) in [5.41, 5.74) is 6.17. The third kappa shape index (κ3) is 5.00. The molecule has 6 heteroatoms. The topological polar surface area (TPSA) is 41.4 Å². The van der Waals surface area contributed by atoms with Crippen molar-refractivity contribution in [1.82, 2.24) is 19.6 Å². The Morgan fingerprint density at radius 2 is 1.61 bits per heavy atom. The number of carbonyl (C=O) groups is 1. The highest BCUT2D eigenvalue weighted by atomic mass is 35.5. The van der Waals surface area contributed by atoms with Gasteiger partial charge in [-0.2, -0.15) is 5.10 Å². The number of benzene rings is 2. The molecule has 3 aromatic rings. The second-order valence-electron chi connectivity index (χ2n) is 8.40. The molecular weight excluding hydrogens is 408 g/mol. The average Bonchev–Trinajstić information content (AvgIpc) is 3.00. The monoisotopic (exact) mass is 436 g/mol. The van der Waals surface area contributed by atoms with E-state index in [4.69, 9.17) is 11.6 Å². The summed E-state index contributed by atoms with van der Waals surface area (Å²) >= 11 is 6.27. The second-order valence-corrected chi connectivity index (χ2v) is 8.78. The summed E-state index contributed by atoms with van der Waals surface area (Å²) in [5.74, 6) is 0.100. The standard InChI is InChI=1S/C25H29ClN4O/c1-18-6-4-7-21(14-18)16-28-10-12-29(13-11-28)25(31)23-9-5-8-22(15-23)17-30-20(3)24(26)19(2)27-30/h4-9,14-15H,10-13,16-17H2,1-3H3. The fraction of sp³-hybridized carbons (Fsp3) is 0.360. The molecule has 1 aliphatic heterocycles. The number of hydrogen-bond donors (Lipinski definition) is 0. The second kappa shape index (κ2) is 9.25. The normalized spacial score (nSPS) is 14.8. The first-order valence-electron chi connectivity index (χ1n) is 10.8. The molecule has 1 aliphatic rings. The maximum absolute atomic E-state index is 13.1. The van der Waals surface area contributed by atoms with Crippen molar-refractivity contribution in [2.75, 3.05) is 26.2 Å². The molecule has 2 aromatic carbocycles. The Morgan fingerprint density at radius 1 is 0.935 bits per heavy atom. The molecule has 162 valence electrons. The molecule has 5 nitrogen and oxygen atoms in total. The lowest BCUT2D eigenvalue weighted by atomic mass is 10.1. The van der Waals surface area contributed by atoms with Gasteiger partial charge in [-0.15, -0.1) is 0 Å². The lowest BCUT2D eigenvalue weighted by Gasteiger charge is -2.35. The van der Waals surface area contributed by atoms with Crippen molar-refractivity contribution in [2.45, 2.75) is 33.9 Å². The summed E-state index contributed by atoms with van der Waals surface area (Å²) in [7, 11) is 0. The zero-order valence-corrected chi connectivity index (χ0v) is 19.2. The van der Waals surface area contributed by atoms with Gasteiger partial charge in [0, 0.05) is 38.3 Å². The molecule has 0 radical (unpaired) electrons. The zero-order chi connectivity index (χ0) is 22.0. The number of halogens is 1. The highest BCUT2D eigenvalue weighted by Gasteiger charge is 2.22. The van der Waals surface area contributed by atoms with Gasteiger partial charge in [0.25, 0.3) is 5.91 Å². The Labute approximate surface area is 189 Å². The molecule has 4 rings (SSSR count). The van der Waals surface area contributed by atoms with Crippen molar-refractivity contribution in [3.63, 3.8) is 0 Å². The van der Waals surface area contributed by atoms with Crippen molar-refractivity contribution in [1.29, 1.82) is 0 Å². The first kappa shape index (κ1) is 21.6. The van der Waals surface area contributed by atoms with E-state index in [1.54, 1.807) is 0 Å². The molecule has 1 aromatic heterocycles. The predicted molar refractivity (Wildman–Crippen MR) is 125 cm³/mol. The Morgan fingerprint density at radius 3 is 2.26 bits per heavy atom. The largest absolute Gasteiger partial charge is 0.336 e. The Hall–Kier alpha value is -2.63. The van der Waals surface area contributed by atoms with Gasteiger partial charge in [0.1, 0.15) is 0 Å². The predicted octanol–water partition coefficient (Wildman–Crippen LogP) is 4.47. The van der Waals surface area contributed by atoms with Gasteiger partial charge in [0.2, 0.25) is 0 Å². The van der Waals surface area contributed by atoms with Crippen molar-refractivity contribution in [2.24, 2.45) is 0 Å². The molecule has 0 saturated carbocycles. The summed E-state index contributed by atoms with van der Waals surface area (Å²) in [5, 5.41) is 5.21. The van der Waals surface area contributed by atoms with Crippen LogP contribution in [0.15, 0.2) is 48.5 Å². The molecule has 31 heavy (non-hydrogen) atoms. The van der Waals surface area contributed by atoms with Crippen LogP contribution in [0.1, 0.15) is 38.4 Å². The van der Waals surface area contributed by atoms with Gasteiger partial charge in [0.05, 0.1) is 23.0 Å². The van der Waals surface area contributed by atoms with Gasteiger partial charge in [-0.25, -0.2) is 0 Å². The Bertz CT molecular complexity index is 1080. The van der Waals surface area contributed by atoms with Crippen LogP contribution in [-0.2, 0) is 13.1 Å². The smallest absolute Gasteiger partial charge is 0.253 e. The van der Waals surface area contributed by atoms with E-state index < -0.39 is 0 Å². The molecule has 0 bridgehead atoms. The first-order chi connectivity index (χ1) is 14.9. The number of hydrogen-bond acceptors (Lipinski definition) is 3. The summed E-state index contributed by atoms with van der Waals surface area (Å²) in [6.07, 6.45) is 0. The van der Waals surface area contributed by atoms with Gasteiger partial charge in [0.15, 0.2) is 0 Å². The third-order valence-corrected chi connectivity index (χ3v) is 6.49. The highest BCUT2D eigenvalue weighted by Crippen LogP contribution is 2.20. The van der Waals surface area contributed by atoms with E-state index in [2.05, 4.69) is 41.2 Å². The fourth-order valence-electron chi connectivity index (χ4n) is 4.17. The summed E-state index contributed by atoms with van der Waals surface area (Å²) in [6.45, 7) is 10.8. The van der Waals surface area contributed by atoms with E-state index in [9.17, 15) is 4.79 Å². The van der Waals surface area contributed by atoms with Gasteiger partial charge in [-0.1, -0.05) is 53.6 Å². The SMILES string of the molecule is Cc1cccc(CN2CCN(C(=O)c3cccc(Cn4nc(C)c(Cl)c4C)c3)CC2)c1. The van der Waals surface area contributed by atoms with E-state index in [0.29, 0.717) is 11.6 Å². The lowest BCUT2D eigenvalue weighted by Crippen LogP contribution is -2.48. The zero-order valence-electron chi connectivity index (χ0n) is 18.4. The van der Waals surface area contributed by atoms with Crippen molar-refractivity contribution >= 4 is 17.5 Å². The van der Waals surface area contributed by atoms with Gasteiger partial charge >= 0.3 is 0 Å². The lowest BCUT2D eigenvalue weighted by molar-refractivity contribution is 0.0628. The Balaban J connectivity index is 1.37. The molecule has 1 saturated heterocycles. The van der Waals surface area contributed by atoms with E-state index in [0.717, 1.165) is 55.2 Å². The van der Waals surface area contributed by atoms with E-state index in [1.165, 1.54) is 11.1 Å². The van der Waals surface area contributed by atoms with E-state index in [-0.39, 0.29) is 5.91 Å². The molecule has 2 heterocycles. The molecule has 1 fully saturated rings. The summed E-state index contributed by atoms with van der Waals surface area (Å²) in [4.78, 5) is 17.5. The van der Waals surface area contributed by atoms with Crippen LogP contribution in [-0.4, -0.2) is 51.7 Å². The van der Waals surface area contributed by atoms with Crippen molar-refractivity contribution in [3.8, 4) is 0 Å². The van der Waals surface area contributed by atoms with Crippen LogP contribution in [0.2, 0.25) is 5.02 Å². The van der Waals surface area contributed by atoms with Gasteiger partial charge in [-0.3, -0.25) is 14.4 Å². The molecular formula is C25H29ClN4O. The molecule has 1 amide bonds. The van der Waals surface area contributed by atoms with Crippen LogP contribution in [0, 0.1) is 20.8 Å². The van der Waals surface area contributed by atoms with Crippen LogP contribution in [0.25, 0.3) is 0 Å². The number of rotatable bonds is 5. The number of piperazine rings is 1. The van der Waals surface area contributed by atoms with Gasteiger partial charge in [-0.05, 0) is 44.0 Å². The van der Waals surface area contributed by atoms with Gasteiger partial charge < -0.3 is 4.90 Å². The molecule has 0 aliphatic carbocycles. The quantitative estimate of drug-likeness (QED) is 0.592. The number of aromatic nitrogens is 2. The number of carbonyl (C=O) groups excluding carboxylic acids is 1. The van der Waals surface area contributed by atoms with Crippen LogP contribution in [0.3, 0.4) is 0 Å². The minimum absolute atomic E-state index is 0.100. The van der Waals surface area contributed by atoms with Crippen LogP contribution < -0.4 is 0 Å². The highest BCUT2D eigenvalue weighted by molar-refractivity contribution is 6.31. The van der Waals surface area contributed by atoms with Crippen LogP contribution in [0.5, 0.6) is 0 Å². The third-order valence-electron chi connectivity index (χ3n) is 5.95. The van der Waals surface area contributed by atoms with Crippen LogP contribution in [0.4, 0.5) is 0 Å². The van der Waals surface area contributed by atoms with Crippen molar-refractivity contribution < 1.29 is 4.79 Å². The summed E-state index contributed by atoms with van der Waals surface area (Å²) in [6, 6.07) is 16.5. The average molecular weight is 437 g/mol. The summed E-state index contributed by atoms with van der Waals surface area (Å²) < 4.78 is 1.89.